The first kappa shape index (κ1) is 9.32. The SMILES string of the molecule is COC(=O)c1cnc(-n2ccnc2)nc1. The first-order valence-corrected chi connectivity index (χ1v) is 4.20. The second kappa shape index (κ2) is 3.87. The summed E-state index contributed by atoms with van der Waals surface area (Å²) in [5, 5.41) is 0. The average Bonchev–Trinajstić information content (AvgIpc) is 2.82. The molecule has 2 aromatic heterocycles. The van der Waals surface area contributed by atoms with Crippen LogP contribution in [-0.2, 0) is 4.74 Å². The van der Waals surface area contributed by atoms with Crippen LogP contribution in [0.3, 0.4) is 0 Å². The number of methoxy groups -OCH3 is 1. The molecule has 0 saturated heterocycles. The van der Waals surface area contributed by atoms with Gasteiger partial charge in [0.2, 0.25) is 5.95 Å². The molecule has 76 valence electrons. The molecule has 0 aliphatic heterocycles. The Labute approximate surface area is 85.6 Å². The maximum absolute atomic E-state index is 11.1. The second-order valence-electron chi connectivity index (χ2n) is 2.73. The maximum Gasteiger partial charge on any atom is 0.341 e. The van der Waals surface area contributed by atoms with Gasteiger partial charge in [-0.05, 0) is 0 Å². The Balaban J connectivity index is 2.29. The molecule has 6 nitrogen and oxygen atoms in total. The zero-order valence-electron chi connectivity index (χ0n) is 7.99. The largest absolute Gasteiger partial charge is 0.465 e. The number of aromatic nitrogens is 4. The summed E-state index contributed by atoms with van der Waals surface area (Å²) in [6.45, 7) is 0. The van der Waals surface area contributed by atoms with Crippen LogP contribution >= 0.6 is 0 Å². The minimum atomic E-state index is -0.452. The van der Waals surface area contributed by atoms with E-state index in [1.165, 1.54) is 19.5 Å². The third kappa shape index (κ3) is 1.83. The summed E-state index contributed by atoms with van der Waals surface area (Å²) >= 11 is 0. The number of rotatable bonds is 2. The van der Waals surface area contributed by atoms with Gasteiger partial charge in [-0.25, -0.2) is 19.7 Å². The van der Waals surface area contributed by atoms with E-state index in [0.29, 0.717) is 11.5 Å². The van der Waals surface area contributed by atoms with Crippen LogP contribution in [0.1, 0.15) is 10.4 Å². The number of nitrogens with zero attached hydrogens (tertiary/aromatic N) is 4. The summed E-state index contributed by atoms with van der Waals surface area (Å²) in [5.41, 5.74) is 0.321. The fraction of sp³-hybridized carbons (Fsp3) is 0.111. The van der Waals surface area contributed by atoms with E-state index in [1.54, 1.807) is 23.3 Å². The predicted octanol–water partition coefficient (Wildman–Crippen LogP) is 0.449. The Morgan fingerprint density at radius 2 is 2.13 bits per heavy atom. The number of esters is 1. The molecule has 0 fully saturated rings. The smallest absolute Gasteiger partial charge is 0.341 e. The highest BCUT2D eigenvalue weighted by Gasteiger charge is 2.06. The van der Waals surface area contributed by atoms with Crippen LogP contribution in [-0.4, -0.2) is 32.6 Å². The first-order valence-electron chi connectivity index (χ1n) is 4.20. The third-order valence-electron chi connectivity index (χ3n) is 1.79. The highest BCUT2D eigenvalue weighted by atomic mass is 16.5. The van der Waals surface area contributed by atoms with Gasteiger partial charge in [0.05, 0.1) is 12.7 Å². The molecule has 0 aromatic carbocycles. The van der Waals surface area contributed by atoms with Gasteiger partial charge in [0.25, 0.3) is 0 Å². The van der Waals surface area contributed by atoms with Gasteiger partial charge in [0.15, 0.2) is 0 Å². The van der Waals surface area contributed by atoms with Crippen molar-refractivity contribution in [2.45, 2.75) is 0 Å². The summed E-state index contributed by atoms with van der Waals surface area (Å²) in [6.07, 6.45) is 7.74. The number of hydrogen-bond donors (Lipinski definition) is 0. The standard InChI is InChI=1S/C9H8N4O2/c1-15-8(14)7-4-11-9(12-5-7)13-3-2-10-6-13/h2-6H,1H3. The van der Waals surface area contributed by atoms with E-state index in [-0.39, 0.29) is 0 Å². The van der Waals surface area contributed by atoms with Crippen molar-refractivity contribution in [3.63, 3.8) is 0 Å². The van der Waals surface area contributed by atoms with Crippen molar-refractivity contribution in [1.29, 1.82) is 0 Å². The van der Waals surface area contributed by atoms with E-state index >= 15 is 0 Å². The molecule has 0 aliphatic carbocycles. The van der Waals surface area contributed by atoms with Crippen molar-refractivity contribution >= 4 is 5.97 Å². The Morgan fingerprint density at radius 3 is 2.67 bits per heavy atom. The van der Waals surface area contributed by atoms with Crippen LogP contribution in [0.4, 0.5) is 0 Å². The fourth-order valence-electron chi connectivity index (χ4n) is 1.06. The minimum absolute atomic E-state index is 0.321. The summed E-state index contributed by atoms with van der Waals surface area (Å²) in [5.74, 6) is 0.00679. The van der Waals surface area contributed by atoms with E-state index in [1.807, 2.05) is 0 Å². The number of carbonyl (C=O) groups is 1. The lowest BCUT2D eigenvalue weighted by atomic mass is 10.3. The lowest BCUT2D eigenvalue weighted by Gasteiger charge is -2.00. The van der Waals surface area contributed by atoms with Crippen molar-refractivity contribution in [2.75, 3.05) is 7.11 Å². The molecule has 6 heteroatoms. The van der Waals surface area contributed by atoms with Gasteiger partial charge in [-0.2, -0.15) is 0 Å². The van der Waals surface area contributed by atoms with Crippen molar-refractivity contribution < 1.29 is 9.53 Å². The molecule has 0 radical (unpaired) electrons. The van der Waals surface area contributed by atoms with E-state index < -0.39 is 5.97 Å². The summed E-state index contributed by atoms with van der Waals surface area (Å²) in [4.78, 5) is 23.0. The quantitative estimate of drug-likeness (QED) is 0.664. The van der Waals surface area contributed by atoms with E-state index in [2.05, 4.69) is 19.7 Å². The van der Waals surface area contributed by atoms with Gasteiger partial charge in [0, 0.05) is 24.8 Å². The summed E-state index contributed by atoms with van der Waals surface area (Å²) in [7, 11) is 1.31. The van der Waals surface area contributed by atoms with E-state index in [9.17, 15) is 4.79 Å². The predicted molar refractivity (Wildman–Crippen MR) is 50.5 cm³/mol. The van der Waals surface area contributed by atoms with Gasteiger partial charge in [-0.3, -0.25) is 4.57 Å². The number of carbonyl (C=O) groups excluding carboxylic acids is 1. The molecule has 0 atom stereocenters. The molecule has 0 spiro atoms. The third-order valence-corrected chi connectivity index (χ3v) is 1.79. The fourth-order valence-corrected chi connectivity index (χ4v) is 1.06. The topological polar surface area (TPSA) is 69.9 Å². The zero-order valence-corrected chi connectivity index (χ0v) is 7.99. The van der Waals surface area contributed by atoms with Crippen LogP contribution in [0, 0.1) is 0 Å². The second-order valence-corrected chi connectivity index (χ2v) is 2.73. The van der Waals surface area contributed by atoms with E-state index in [0.717, 1.165) is 0 Å². The minimum Gasteiger partial charge on any atom is -0.465 e. The van der Waals surface area contributed by atoms with Crippen LogP contribution in [0.5, 0.6) is 0 Å². The number of ether oxygens (including phenoxy) is 1. The molecule has 0 aliphatic rings. The van der Waals surface area contributed by atoms with Gasteiger partial charge < -0.3 is 4.74 Å². The van der Waals surface area contributed by atoms with Crippen molar-refractivity contribution in [2.24, 2.45) is 0 Å². The van der Waals surface area contributed by atoms with Crippen molar-refractivity contribution in [1.82, 2.24) is 19.5 Å². The molecule has 0 N–H and O–H groups in total. The normalized spacial score (nSPS) is 9.93. The van der Waals surface area contributed by atoms with Gasteiger partial charge in [0.1, 0.15) is 6.33 Å². The highest BCUT2D eigenvalue weighted by Crippen LogP contribution is 2.01. The number of hydrogen-bond acceptors (Lipinski definition) is 5. The molecule has 2 rings (SSSR count). The van der Waals surface area contributed by atoms with Crippen LogP contribution < -0.4 is 0 Å². The van der Waals surface area contributed by atoms with Crippen molar-refractivity contribution in [3.05, 3.63) is 36.7 Å². The lowest BCUT2D eigenvalue weighted by Crippen LogP contribution is -2.05. The van der Waals surface area contributed by atoms with Crippen LogP contribution in [0.2, 0.25) is 0 Å². The lowest BCUT2D eigenvalue weighted by molar-refractivity contribution is 0.0600. The van der Waals surface area contributed by atoms with E-state index in [4.69, 9.17) is 0 Å². The molecule has 15 heavy (non-hydrogen) atoms. The molecule has 0 amide bonds. The zero-order chi connectivity index (χ0) is 10.7. The Kier molecular flexibility index (Phi) is 2.40. The molecule has 2 heterocycles. The van der Waals surface area contributed by atoms with Gasteiger partial charge in [-0.1, -0.05) is 0 Å². The molecule has 2 aromatic rings. The highest BCUT2D eigenvalue weighted by molar-refractivity contribution is 5.88. The Bertz CT molecular complexity index is 449. The maximum atomic E-state index is 11.1. The van der Waals surface area contributed by atoms with Crippen LogP contribution in [0.25, 0.3) is 5.95 Å². The van der Waals surface area contributed by atoms with Gasteiger partial charge >= 0.3 is 5.97 Å². The first-order chi connectivity index (χ1) is 7.31. The Hall–Kier alpha value is -2.24. The van der Waals surface area contributed by atoms with Crippen LogP contribution in [0.15, 0.2) is 31.1 Å². The average molecular weight is 204 g/mol. The Morgan fingerprint density at radius 1 is 1.40 bits per heavy atom. The van der Waals surface area contributed by atoms with Gasteiger partial charge in [-0.15, -0.1) is 0 Å². The molecule has 0 bridgehead atoms. The molecular formula is C9H8N4O2. The summed E-state index contributed by atoms with van der Waals surface area (Å²) < 4.78 is 6.17. The monoisotopic (exact) mass is 204 g/mol. The number of imidazole rings is 1. The summed E-state index contributed by atoms with van der Waals surface area (Å²) in [6, 6.07) is 0. The molecular weight excluding hydrogens is 196 g/mol. The van der Waals surface area contributed by atoms with Crippen molar-refractivity contribution in [3.8, 4) is 5.95 Å². The molecule has 0 saturated carbocycles. The molecule has 0 unspecified atom stereocenters.